The summed E-state index contributed by atoms with van der Waals surface area (Å²) in [5.41, 5.74) is 0.790. The highest BCUT2D eigenvalue weighted by Gasteiger charge is 2.16. The lowest BCUT2D eigenvalue weighted by atomic mass is 10.1. The van der Waals surface area contributed by atoms with Crippen LogP contribution in [0.25, 0.3) is 0 Å². The summed E-state index contributed by atoms with van der Waals surface area (Å²) in [5.74, 6) is 0.667. The molecule has 1 aromatic heterocycles. The topological polar surface area (TPSA) is 13.1 Å². The fourth-order valence-corrected chi connectivity index (χ4v) is 2.18. The number of hydrogen-bond acceptors (Lipinski definition) is 1. The fourth-order valence-electron chi connectivity index (χ4n) is 1.30. The molecular weight excluding hydrogens is 254 g/mol. The van der Waals surface area contributed by atoms with Crippen molar-refractivity contribution < 1.29 is 4.42 Å². The molecule has 0 radical (unpaired) electrons. The third kappa shape index (κ3) is 2.31. The van der Waals surface area contributed by atoms with Crippen molar-refractivity contribution >= 4 is 34.8 Å². The van der Waals surface area contributed by atoms with Crippen molar-refractivity contribution in [1.29, 1.82) is 0 Å². The van der Waals surface area contributed by atoms with E-state index in [9.17, 15) is 0 Å². The normalized spacial score (nSPS) is 12.7. The molecule has 4 heteroatoms. The number of furan rings is 1. The van der Waals surface area contributed by atoms with Gasteiger partial charge in [0.15, 0.2) is 0 Å². The van der Waals surface area contributed by atoms with Crippen molar-refractivity contribution in [3.05, 3.63) is 58.0 Å². The van der Waals surface area contributed by atoms with Gasteiger partial charge in [0.1, 0.15) is 11.1 Å². The maximum absolute atomic E-state index is 6.21. The summed E-state index contributed by atoms with van der Waals surface area (Å²) in [6, 6.07) is 8.81. The van der Waals surface area contributed by atoms with Crippen LogP contribution in [0.2, 0.25) is 10.0 Å². The van der Waals surface area contributed by atoms with Crippen LogP contribution in [-0.4, -0.2) is 0 Å². The molecule has 1 heterocycles. The minimum Gasteiger partial charge on any atom is -0.467 e. The second-order valence-electron chi connectivity index (χ2n) is 3.04. The Balaban J connectivity index is 2.38. The molecule has 0 saturated carbocycles. The third-order valence-corrected chi connectivity index (χ3v) is 3.04. The Bertz CT molecular complexity index is 451. The summed E-state index contributed by atoms with van der Waals surface area (Å²) in [4.78, 5) is 0. The van der Waals surface area contributed by atoms with E-state index in [2.05, 4.69) is 0 Å². The first-order valence-corrected chi connectivity index (χ1v) is 5.50. The summed E-state index contributed by atoms with van der Waals surface area (Å²) in [5, 5.41) is 0.746. The molecule has 0 spiro atoms. The minimum absolute atomic E-state index is 0.384. The van der Waals surface area contributed by atoms with Crippen molar-refractivity contribution in [2.45, 2.75) is 5.38 Å². The third-order valence-electron chi connectivity index (χ3n) is 2.03. The summed E-state index contributed by atoms with van der Waals surface area (Å²) in [7, 11) is 0. The van der Waals surface area contributed by atoms with E-state index in [1.54, 1.807) is 30.5 Å². The van der Waals surface area contributed by atoms with Gasteiger partial charge in [-0.25, -0.2) is 0 Å². The zero-order valence-corrected chi connectivity index (χ0v) is 9.85. The van der Waals surface area contributed by atoms with Gasteiger partial charge in [-0.05, 0) is 29.8 Å². The Hall–Kier alpha value is -0.630. The molecule has 0 aliphatic rings. The molecule has 1 nitrogen and oxygen atoms in total. The van der Waals surface area contributed by atoms with Gasteiger partial charge < -0.3 is 4.42 Å². The van der Waals surface area contributed by atoms with Gasteiger partial charge in [-0.3, -0.25) is 0 Å². The molecule has 1 aromatic carbocycles. The first-order valence-electron chi connectivity index (χ1n) is 4.31. The number of benzene rings is 1. The lowest BCUT2D eigenvalue weighted by Crippen LogP contribution is -1.92. The van der Waals surface area contributed by atoms with E-state index in [4.69, 9.17) is 39.2 Å². The number of rotatable bonds is 2. The molecule has 2 rings (SSSR count). The van der Waals surface area contributed by atoms with Crippen LogP contribution in [0.5, 0.6) is 0 Å². The number of halogens is 3. The summed E-state index contributed by atoms with van der Waals surface area (Å²) in [6.45, 7) is 0. The van der Waals surface area contributed by atoms with Crippen molar-refractivity contribution in [2.75, 3.05) is 0 Å². The largest absolute Gasteiger partial charge is 0.467 e. The molecule has 1 atom stereocenters. The van der Waals surface area contributed by atoms with Crippen molar-refractivity contribution in [1.82, 2.24) is 0 Å². The van der Waals surface area contributed by atoms with E-state index in [1.165, 1.54) is 0 Å². The maximum atomic E-state index is 6.21. The lowest BCUT2D eigenvalue weighted by Gasteiger charge is -2.09. The van der Waals surface area contributed by atoms with Crippen LogP contribution in [0.1, 0.15) is 16.7 Å². The molecule has 15 heavy (non-hydrogen) atoms. The molecule has 0 N–H and O–H groups in total. The van der Waals surface area contributed by atoms with E-state index in [-0.39, 0.29) is 5.38 Å². The Labute approximate surface area is 103 Å². The summed E-state index contributed by atoms with van der Waals surface area (Å²) >= 11 is 18.0. The van der Waals surface area contributed by atoms with Gasteiger partial charge in [0.05, 0.1) is 6.26 Å². The molecule has 1 unspecified atom stereocenters. The second-order valence-corrected chi connectivity index (χ2v) is 4.32. The zero-order valence-electron chi connectivity index (χ0n) is 7.58. The van der Waals surface area contributed by atoms with Crippen LogP contribution in [0.15, 0.2) is 41.0 Å². The Morgan fingerprint density at radius 1 is 1.13 bits per heavy atom. The fraction of sp³-hybridized carbons (Fsp3) is 0.0909. The van der Waals surface area contributed by atoms with E-state index >= 15 is 0 Å². The van der Waals surface area contributed by atoms with E-state index in [1.807, 2.05) is 6.07 Å². The van der Waals surface area contributed by atoms with Gasteiger partial charge in [0.25, 0.3) is 0 Å². The van der Waals surface area contributed by atoms with Gasteiger partial charge >= 0.3 is 0 Å². The highest BCUT2D eigenvalue weighted by Crippen LogP contribution is 2.34. The predicted molar refractivity (Wildman–Crippen MR) is 62.9 cm³/mol. The van der Waals surface area contributed by atoms with Crippen LogP contribution in [0, 0.1) is 0 Å². The second kappa shape index (κ2) is 4.48. The minimum atomic E-state index is -0.384. The Morgan fingerprint density at radius 3 is 2.53 bits per heavy atom. The first kappa shape index (κ1) is 10.9. The standard InChI is InChI=1S/C11H7Cl3O/c12-7-3-4-8(9(13)6-7)11(14)10-2-1-5-15-10/h1-6,11H. The molecule has 0 saturated heterocycles. The van der Waals surface area contributed by atoms with Crippen molar-refractivity contribution in [3.63, 3.8) is 0 Å². The van der Waals surface area contributed by atoms with Gasteiger partial charge in [-0.1, -0.05) is 29.3 Å². The van der Waals surface area contributed by atoms with Crippen LogP contribution >= 0.6 is 34.8 Å². The Kier molecular flexibility index (Phi) is 3.25. The smallest absolute Gasteiger partial charge is 0.126 e. The van der Waals surface area contributed by atoms with E-state index < -0.39 is 0 Å². The maximum Gasteiger partial charge on any atom is 0.126 e. The SMILES string of the molecule is Clc1ccc(C(Cl)c2ccco2)c(Cl)c1. The quantitative estimate of drug-likeness (QED) is 0.700. The van der Waals surface area contributed by atoms with Crippen LogP contribution in [0.3, 0.4) is 0 Å². The van der Waals surface area contributed by atoms with Gasteiger partial charge in [-0.15, -0.1) is 11.6 Å². The summed E-state index contributed by atoms with van der Waals surface area (Å²) in [6.07, 6.45) is 1.58. The van der Waals surface area contributed by atoms with E-state index in [0.29, 0.717) is 15.8 Å². The Morgan fingerprint density at radius 2 is 1.93 bits per heavy atom. The van der Waals surface area contributed by atoms with E-state index in [0.717, 1.165) is 5.56 Å². The number of hydrogen-bond donors (Lipinski definition) is 0. The van der Waals surface area contributed by atoms with Crippen molar-refractivity contribution in [3.8, 4) is 0 Å². The molecule has 0 amide bonds. The highest BCUT2D eigenvalue weighted by atomic mass is 35.5. The predicted octanol–water partition coefficient (Wildman–Crippen LogP) is 4.91. The molecule has 0 fully saturated rings. The first-order chi connectivity index (χ1) is 7.18. The average molecular weight is 262 g/mol. The molecule has 78 valence electrons. The highest BCUT2D eigenvalue weighted by molar-refractivity contribution is 6.36. The van der Waals surface area contributed by atoms with Crippen LogP contribution < -0.4 is 0 Å². The summed E-state index contributed by atoms with van der Waals surface area (Å²) < 4.78 is 5.21. The molecule has 0 aliphatic carbocycles. The lowest BCUT2D eigenvalue weighted by molar-refractivity contribution is 0.516. The van der Waals surface area contributed by atoms with Crippen molar-refractivity contribution in [2.24, 2.45) is 0 Å². The zero-order chi connectivity index (χ0) is 10.8. The van der Waals surface area contributed by atoms with Crippen LogP contribution in [0.4, 0.5) is 0 Å². The van der Waals surface area contributed by atoms with Gasteiger partial charge in [0, 0.05) is 10.0 Å². The van der Waals surface area contributed by atoms with Crippen LogP contribution in [-0.2, 0) is 0 Å². The molecule has 2 aromatic rings. The molecule has 0 aliphatic heterocycles. The van der Waals surface area contributed by atoms with Gasteiger partial charge in [-0.2, -0.15) is 0 Å². The number of alkyl halides is 1. The monoisotopic (exact) mass is 260 g/mol. The molecule has 0 bridgehead atoms. The average Bonchev–Trinajstić information content (AvgIpc) is 2.69. The molecular formula is C11H7Cl3O. The van der Waals surface area contributed by atoms with Gasteiger partial charge in [0.2, 0.25) is 0 Å².